The highest BCUT2D eigenvalue weighted by molar-refractivity contribution is 5.85. The fraction of sp³-hybridized carbons (Fsp3) is 0.533. The Morgan fingerprint density at radius 1 is 1.50 bits per heavy atom. The minimum atomic E-state index is -0.142. The van der Waals surface area contributed by atoms with Gasteiger partial charge in [0.1, 0.15) is 23.6 Å². The molecule has 1 aromatic heterocycles. The molecular formula is C15H20N4O. The number of carbonyl (C=O) groups is 1. The van der Waals surface area contributed by atoms with Crippen LogP contribution in [0.5, 0.6) is 0 Å². The van der Waals surface area contributed by atoms with Gasteiger partial charge in [-0.3, -0.25) is 4.79 Å². The zero-order valence-corrected chi connectivity index (χ0v) is 12.0. The van der Waals surface area contributed by atoms with Crippen LogP contribution in [0.3, 0.4) is 0 Å². The van der Waals surface area contributed by atoms with Crippen molar-refractivity contribution >= 4 is 11.7 Å². The number of nitriles is 1. The molecule has 1 aromatic rings. The third-order valence-electron chi connectivity index (χ3n) is 3.76. The lowest BCUT2D eigenvalue weighted by molar-refractivity contribution is -0.132. The number of hydrogen-bond donors (Lipinski definition) is 0. The molecule has 5 heteroatoms. The number of amides is 1. The average Bonchev–Trinajstić information content (AvgIpc) is 2.98. The fourth-order valence-electron chi connectivity index (χ4n) is 2.69. The van der Waals surface area contributed by atoms with E-state index in [0.717, 1.165) is 38.3 Å². The van der Waals surface area contributed by atoms with Crippen LogP contribution in [0.2, 0.25) is 0 Å². The molecule has 1 fully saturated rings. The second-order valence-corrected chi connectivity index (χ2v) is 4.85. The first-order valence-corrected chi connectivity index (χ1v) is 7.13. The minimum Gasteiger partial charge on any atom is -0.345 e. The van der Waals surface area contributed by atoms with E-state index in [-0.39, 0.29) is 11.9 Å². The van der Waals surface area contributed by atoms with Gasteiger partial charge in [0.15, 0.2) is 0 Å². The molecule has 1 atom stereocenters. The highest BCUT2D eigenvalue weighted by Crippen LogP contribution is 2.25. The van der Waals surface area contributed by atoms with Crippen LogP contribution in [-0.2, 0) is 4.79 Å². The summed E-state index contributed by atoms with van der Waals surface area (Å²) in [4.78, 5) is 20.7. The zero-order valence-electron chi connectivity index (χ0n) is 12.0. The first kappa shape index (κ1) is 14.3. The van der Waals surface area contributed by atoms with Crippen LogP contribution in [0.25, 0.3) is 0 Å². The molecule has 1 aliphatic rings. The summed E-state index contributed by atoms with van der Waals surface area (Å²) in [6.07, 6.45) is 1.84. The van der Waals surface area contributed by atoms with Gasteiger partial charge in [0, 0.05) is 19.6 Å². The Balaban J connectivity index is 2.22. The van der Waals surface area contributed by atoms with Gasteiger partial charge in [-0.1, -0.05) is 6.07 Å². The van der Waals surface area contributed by atoms with Crippen molar-refractivity contribution in [2.45, 2.75) is 32.7 Å². The maximum atomic E-state index is 12.5. The van der Waals surface area contributed by atoms with Gasteiger partial charge >= 0.3 is 0 Å². The van der Waals surface area contributed by atoms with Crippen molar-refractivity contribution in [1.29, 1.82) is 5.26 Å². The Morgan fingerprint density at radius 3 is 2.90 bits per heavy atom. The lowest BCUT2D eigenvalue weighted by atomic mass is 10.2. The van der Waals surface area contributed by atoms with E-state index in [1.54, 1.807) is 6.07 Å². The fourth-order valence-corrected chi connectivity index (χ4v) is 2.69. The summed E-state index contributed by atoms with van der Waals surface area (Å²) >= 11 is 0. The molecule has 1 saturated heterocycles. The van der Waals surface area contributed by atoms with Gasteiger partial charge in [-0.15, -0.1) is 0 Å². The van der Waals surface area contributed by atoms with Crippen molar-refractivity contribution in [2.75, 3.05) is 24.5 Å². The number of rotatable bonds is 4. The maximum Gasteiger partial charge on any atom is 0.245 e. The highest BCUT2D eigenvalue weighted by Gasteiger charge is 2.33. The smallest absolute Gasteiger partial charge is 0.245 e. The third-order valence-corrected chi connectivity index (χ3v) is 3.76. The summed E-state index contributed by atoms with van der Waals surface area (Å²) in [5, 5.41) is 8.94. The highest BCUT2D eigenvalue weighted by atomic mass is 16.2. The molecule has 2 rings (SSSR count). The standard InChI is InChI=1S/C15H20N4O/c1-3-18(4-2)15(20)13-8-6-10-19(13)14-9-5-7-12(11-16)17-14/h5,7,9,13H,3-4,6,8,10H2,1-2H3. The summed E-state index contributed by atoms with van der Waals surface area (Å²) < 4.78 is 0. The van der Waals surface area contributed by atoms with Crippen LogP contribution in [0.15, 0.2) is 18.2 Å². The summed E-state index contributed by atoms with van der Waals surface area (Å²) in [7, 11) is 0. The van der Waals surface area contributed by atoms with Crippen molar-refractivity contribution in [2.24, 2.45) is 0 Å². The van der Waals surface area contributed by atoms with Crippen LogP contribution < -0.4 is 4.90 Å². The van der Waals surface area contributed by atoms with E-state index in [1.807, 2.05) is 41.8 Å². The summed E-state index contributed by atoms with van der Waals surface area (Å²) in [6, 6.07) is 7.27. The largest absolute Gasteiger partial charge is 0.345 e. The van der Waals surface area contributed by atoms with E-state index in [2.05, 4.69) is 4.98 Å². The lowest BCUT2D eigenvalue weighted by Gasteiger charge is -2.29. The summed E-state index contributed by atoms with van der Waals surface area (Å²) in [5.41, 5.74) is 0.392. The Kier molecular flexibility index (Phi) is 4.57. The van der Waals surface area contributed by atoms with Crippen LogP contribution in [0.4, 0.5) is 5.82 Å². The normalized spacial score (nSPS) is 17.9. The van der Waals surface area contributed by atoms with Crippen molar-refractivity contribution < 1.29 is 4.79 Å². The van der Waals surface area contributed by atoms with Crippen LogP contribution in [0.1, 0.15) is 32.4 Å². The number of nitrogens with zero attached hydrogens (tertiary/aromatic N) is 4. The molecule has 2 heterocycles. The lowest BCUT2D eigenvalue weighted by Crippen LogP contribution is -2.46. The predicted octanol–water partition coefficient (Wildman–Crippen LogP) is 1.79. The van der Waals surface area contributed by atoms with Crippen molar-refractivity contribution in [3.63, 3.8) is 0 Å². The molecule has 0 aliphatic carbocycles. The first-order chi connectivity index (χ1) is 9.71. The average molecular weight is 272 g/mol. The summed E-state index contributed by atoms with van der Waals surface area (Å²) in [6.45, 7) is 6.26. The quantitative estimate of drug-likeness (QED) is 0.838. The Bertz CT molecular complexity index is 519. The SMILES string of the molecule is CCN(CC)C(=O)C1CCCN1c1cccc(C#N)n1. The van der Waals surface area contributed by atoms with Crippen LogP contribution in [0, 0.1) is 11.3 Å². The molecule has 1 unspecified atom stereocenters. The molecule has 0 spiro atoms. The second-order valence-electron chi connectivity index (χ2n) is 4.85. The van der Waals surface area contributed by atoms with E-state index in [4.69, 9.17) is 5.26 Å². The van der Waals surface area contributed by atoms with Crippen LogP contribution in [-0.4, -0.2) is 41.5 Å². The molecule has 0 saturated carbocycles. The topological polar surface area (TPSA) is 60.2 Å². The van der Waals surface area contributed by atoms with Gasteiger partial charge in [0.2, 0.25) is 5.91 Å². The van der Waals surface area contributed by atoms with Crippen molar-refractivity contribution in [1.82, 2.24) is 9.88 Å². The molecular weight excluding hydrogens is 252 g/mol. The Labute approximate surface area is 119 Å². The van der Waals surface area contributed by atoms with Crippen molar-refractivity contribution in [3.05, 3.63) is 23.9 Å². The van der Waals surface area contributed by atoms with Gasteiger partial charge in [0.05, 0.1) is 0 Å². The first-order valence-electron chi connectivity index (χ1n) is 7.13. The van der Waals surface area contributed by atoms with E-state index < -0.39 is 0 Å². The van der Waals surface area contributed by atoms with Gasteiger partial charge in [-0.2, -0.15) is 5.26 Å². The van der Waals surface area contributed by atoms with Gasteiger partial charge < -0.3 is 9.80 Å². The van der Waals surface area contributed by atoms with E-state index in [9.17, 15) is 4.79 Å². The molecule has 5 nitrogen and oxygen atoms in total. The summed E-state index contributed by atoms with van der Waals surface area (Å²) in [5.74, 6) is 0.892. The van der Waals surface area contributed by atoms with E-state index >= 15 is 0 Å². The molecule has 1 amide bonds. The van der Waals surface area contributed by atoms with Gasteiger partial charge in [-0.05, 0) is 38.8 Å². The number of likely N-dealkylation sites (N-methyl/N-ethyl adjacent to an activating group) is 1. The van der Waals surface area contributed by atoms with E-state index in [1.165, 1.54) is 0 Å². The monoisotopic (exact) mass is 272 g/mol. The molecule has 1 aliphatic heterocycles. The molecule has 0 bridgehead atoms. The second kappa shape index (κ2) is 6.38. The Morgan fingerprint density at radius 2 is 2.25 bits per heavy atom. The molecule has 0 radical (unpaired) electrons. The van der Waals surface area contributed by atoms with Gasteiger partial charge in [-0.25, -0.2) is 4.98 Å². The molecule has 106 valence electrons. The molecule has 0 aromatic carbocycles. The Hall–Kier alpha value is -2.09. The van der Waals surface area contributed by atoms with Crippen molar-refractivity contribution in [3.8, 4) is 6.07 Å². The molecule has 0 N–H and O–H groups in total. The third kappa shape index (κ3) is 2.74. The minimum absolute atomic E-state index is 0.142. The number of hydrogen-bond acceptors (Lipinski definition) is 4. The zero-order chi connectivity index (χ0) is 14.5. The molecule has 20 heavy (non-hydrogen) atoms. The number of pyridine rings is 1. The van der Waals surface area contributed by atoms with Crippen LogP contribution >= 0.6 is 0 Å². The van der Waals surface area contributed by atoms with E-state index in [0.29, 0.717) is 5.69 Å². The van der Waals surface area contributed by atoms with Gasteiger partial charge in [0.25, 0.3) is 0 Å². The number of aromatic nitrogens is 1. The maximum absolute atomic E-state index is 12.5. The predicted molar refractivity (Wildman–Crippen MR) is 77.2 cm³/mol. The number of carbonyl (C=O) groups excluding carboxylic acids is 1. The number of anilines is 1.